The van der Waals surface area contributed by atoms with Gasteiger partial charge in [-0.25, -0.2) is 18.6 Å². The lowest BCUT2D eigenvalue weighted by atomic mass is 9.91. The lowest BCUT2D eigenvalue weighted by molar-refractivity contribution is -0.0641. The molecule has 1 saturated heterocycles. The average Bonchev–Trinajstić information content (AvgIpc) is 3.14. The van der Waals surface area contributed by atoms with Crippen molar-refractivity contribution in [3.63, 3.8) is 0 Å². The first-order valence-electron chi connectivity index (χ1n) is 9.30. The molecule has 1 atom stereocenters. The molecule has 2 aliphatic heterocycles. The minimum absolute atomic E-state index is 0.288. The molecular formula is C21H21F2N3O2. The van der Waals surface area contributed by atoms with E-state index < -0.39 is 23.3 Å². The fraction of sp³-hybridized carbons (Fsp3) is 0.333. The molecule has 0 spiro atoms. The molecule has 0 bridgehead atoms. The number of benzene rings is 2. The van der Waals surface area contributed by atoms with E-state index in [1.807, 2.05) is 37.3 Å². The summed E-state index contributed by atoms with van der Waals surface area (Å²) in [6.07, 6.45) is 2.77. The van der Waals surface area contributed by atoms with Crippen molar-refractivity contribution in [2.24, 2.45) is 5.10 Å². The molecular weight excluding hydrogens is 364 g/mol. The maximum Gasteiger partial charge on any atom is 0.341 e. The van der Waals surface area contributed by atoms with Gasteiger partial charge in [0.05, 0.1) is 19.1 Å². The Labute approximate surface area is 162 Å². The zero-order valence-electron chi connectivity index (χ0n) is 15.5. The number of hydrazone groups is 1. The summed E-state index contributed by atoms with van der Waals surface area (Å²) in [5.41, 5.74) is -0.0351. The van der Waals surface area contributed by atoms with E-state index in [1.165, 1.54) is 17.1 Å². The molecule has 146 valence electrons. The van der Waals surface area contributed by atoms with Gasteiger partial charge in [-0.3, -0.25) is 0 Å². The van der Waals surface area contributed by atoms with Crippen molar-refractivity contribution in [2.45, 2.75) is 31.4 Å². The zero-order chi connectivity index (χ0) is 19.7. The highest BCUT2D eigenvalue weighted by Gasteiger charge is 2.48. The Bertz CT molecular complexity index is 878. The quantitative estimate of drug-likeness (QED) is 0.785. The summed E-state index contributed by atoms with van der Waals surface area (Å²) in [7, 11) is 0. The first-order chi connectivity index (χ1) is 13.5. The van der Waals surface area contributed by atoms with Crippen LogP contribution < -0.4 is 4.74 Å². The van der Waals surface area contributed by atoms with Crippen molar-refractivity contribution in [2.75, 3.05) is 13.1 Å². The van der Waals surface area contributed by atoms with E-state index in [9.17, 15) is 13.6 Å². The fourth-order valence-electron chi connectivity index (χ4n) is 3.67. The van der Waals surface area contributed by atoms with E-state index in [0.717, 1.165) is 18.2 Å². The van der Waals surface area contributed by atoms with Gasteiger partial charge in [0, 0.05) is 18.7 Å². The monoisotopic (exact) mass is 385 g/mol. The van der Waals surface area contributed by atoms with Gasteiger partial charge in [0.1, 0.15) is 23.0 Å². The molecule has 4 rings (SSSR count). The summed E-state index contributed by atoms with van der Waals surface area (Å²) < 4.78 is 33.3. The van der Waals surface area contributed by atoms with Crippen LogP contribution in [0.25, 0.3) is 0 Å². The number of nitrogens with zero attached hydrogens (tertiary/aromatic N) is 3. The van der Waals surface area contributed by atoms with Crippen LogP contribution in [0, 0.1) is 11.6 Å². The smallest absolute Gasteiger partial charge is 0.341 e. The zero-order valence-corrected chi connectivity index (χ0v) is 15.5. The number of likely N-dealkylation sites (tertiary alicyclic amines) is 1. The number of carbonyl (C=O) groups is 1. The van der Waals surface area contributed by atoms with Crippen molar-refractivity contribution in [1.29, 1.82) is 0 Å². The summed E-state index contributed by atoms with van der Waals surface area (Å²) in [6, 6.07) is 12.0. The second-order valence-corrected chi connectivity index (χ2v) is 7.19. The Kier molecular flexibility index (Phi) is 4.75. The summed E-state index contributed by atoms with van der Waals surface area (Å²) in [5.74, 6) is -0.567. The largest absolute Gasteiger partial charge is 0.484 e. The highest BCUT2D eigenvalue weighted by atomic mass is 19.1. The van der Waals surface area contributed by atoms with Crippen LogP contribution in [0.2, 0.25) is 0 Å². The maximum atomic E-state index is 13.6. The number of rotatable bonds is 4. The van der Waals surface area contributed by atoms with Crippen LogP contribution >= 0.6 is 0 Å². The molecule has 0 saturated carbocycles. The van der Waals surface area contributed by atoms with Gasteiger partial charge in [-0.15, -0.1) is 0 Å². The van der Waals surface area contributed by atoms with Crippen molar-refractivity contribution in [3.05, 3.63) is 65.7 Å². The molecule has 0 aromatic heterocycles. The average molecular weight is 385 g/mol. The van der Waals surface area contributed by atoms with Crippen LogP contribution in [0.5, 0.6) is 5.75 Å². The Morgan fingerprint density at radius 1 is 1.18 bits per heavy atom. The van der Waals surface area contributed by atoms with E-state index >= 15 is 0 Å². The molecule has 2 aromatic rings. The molecule has 2 aromatic carbocycles. The number of halogens is 2. The van der Waals surface area contributed by atoms with Crippen LogP contribution in [0.4, 0.5) is 13.6 Å². The van der Waals surface area contributed by atoms with Crippen molar-refractivity contribution in [3.8, 4) is 5.75 Å². The standard InChI is InChI=1S/C21H21F2N3O2/c1-2-21(28-18-6-4-3-5-7-18)13-25(14-21)20(27)26-19(8-9-24-26)15-10-16(22)12-17(23)11-15/h3-7,9-12,19H,2,8,13-14H2,1H3. The number of hydrogen-bond acceptors (Lipinski definition) is 3. The summed E-state index contributed by atoms with van der Waals surface area (Å²) >= 11 is 0. The third-order valence-corrected chi connectivity index (χ3v) is 5.25. The second kappa shape index (κ2) is 7.22. The molecule has 2 heterocycles. The summed E-state index contributed by atoms with van der Waals surface area (Å²) in [6.45, 7) is 2.90. The number of amides is 2. The second-order valence-electron chi connectivity index (χ2n) is 7.19. The highest BCUT2D eigenvalue weighted by molar-refractivity contribution is 5.79. The number of para-hydroxylation sites is 1. The van der Waals surface area contributed by atoms with Gasteiger partial charge in [-0.2, -0.15) is 5.10 Å². The Morgan fingerprint density at radius 2 is 1.86 bits per heavy atom. The molecule has 1 fully saturated rings. The number of urea groups is 1. The summed E-state index contributed by atoms with van der Waals surface area (Å²) in [4.78, 5) is 14.6. The van der Waals surface area contributed by atoms with Gasteiger partial charge in [-0.05, 0) is 36.2 Å². The van der Waals surface area contributed by atoms with Gasteiger partial charge in [0.15, 0.2) is 0 Å². The topological polar surface area (TPSA) is 45.1 Å². The van der Waals surface area contributed by atoms with Gasteiger partial charge in [-0.1, -0.05) is 25.1 Å². The third kappa shape index (κ3) is 3.44. The minimum atomic E-state index is -0.667. The highest BCUT2D eigenvalue weighted by Crippen LogP contribution is 2.35. The van der Waals surface area contributed by atoms with Crippen LogP contribution in [0.15, 0.2) is 53.6 Å². The molecule has 5 nitrogen and oxygen atoms in total. The first-order valence-corrected chi connectivity index (χ1v) is 9.30. The third-order valence-electron chi connectivity index (χ3n) is 5.25. The molecule has 0 radical (unpaired) electrons. The molecule has 7 heteroatoms. The predicted octanol–water partition coefficient (Wildman–Crippen LogP) is 4.36. The van der Waals surface area contributed by atoms with Gasteiger partial charge in [0.2, 0.25) is 0 Å². The van der Waals surface area contributed by atoms with Gasteiger partial charge >= 0.3 is 6.03 Å². The van der Waals surface area contributed by atoms with E-state index in [0.29, 0.717) is 25.1 Å². The van der Waals surface area contributed by atoms with Crippen LogP contribution in [0.1, 0.15) is 31.4 Å². The number of ether oxygens (including phenoxy) is 1. The molecule has 1 unspecified atom stereocenters. The Balaban J connectivity index is 1.45. The Morgan fingerprint density at radius 3 is 2.50 bits per heavy atom. The number of carbonyl (C=O) groups excluding carboxylic acids is 1. The van der Waals surface area contributed by atoms with Crippen molar-refractivity contribution >= 4 is 12.2 Å². The van der Waals surface area contributed by atoms with Gasteiger partial charge < -0.3 is 9.64 Å². The van der Waals surface area contributed by atoms with E-state index in [4.69, 9.17) is 4.74 Å². The normalized spacial score (nSPS) is 20.2. The van der Waals surface area contributed by atoms with Gasteiger partial charge in [0.25, 0.3) is 0 Å². The van der Waals surface area contributed by atoms with Crippen LogP contribution in [-0.2, 0) is 0 Å². The molecule has 28 heavy (non-hydrogen) atoms. The SMILES string of the molecule is CCC1(Oc2ccccc2)CN(C(=O)N2N=CCC2c2cc(F)cc(F)c2)C1. The molecule has 0 aliphatic carbocycles. The van der Waals surface area contributed by atoms with E-state index in [-0.39, 0.29) is 6.03 Å². The van der Waals surface area contributed by atoms with Crippen molar-refractivity contribution < 1.29 is 18.3 Å². The lowest BCUT2D eigenvalue weighted by Gasteiger charge is -2.50. The number of hydrogen-bond donors (Lipinski definition) is 0. The maximum absolute atomic E-state index is 13.6. The van der Waals surface area contributed by atoms with E-state index in [2.05, 4.69) is 5.10 Å². The summed E-state index contributed by atoms with van der Waals surface area (Å²) in [5, 5.41) is 5.45. The molecule has 0 N–H and O–H groups in total. The Hall–Kier alpha value is -2.96. The predicted molar refractivity (Wildman–Crippen MR) is 101 cm³/mol. The minimum Gasteiger partial charge on any atom is -0.484 e. The van der Waals surface area contributed by atoms with Crippen LogP contribution in [0.3, 0.4) is 0 Å². The lowest BCUT2D eigenvalue weighted by Crippen LogP contribution is -2.67. The molecule has 2 amide bonds. The van der Waals surface area contributed by atoms with Crippen molar-refractivity contribution in [1.82, 2.24) is 9.91 Å². The van der Waals surface area contributed by atoms with Crippen LogP contribution in [-0.4, -0.2) is 40.8 Å². The fourth-order valence-corrected chi connectivity index (χ4v) is 3.67. The first kappa shape index (κ1) is 18.4. The molecule has 2 aliphatic rings. The van der Waals surface area contributed by atoms with E-state index in [1.54, 1.807) is 11.1 Å².